The highest BCUT2D eigenvalue weighted by Crippen LogP contribution is 2.27. The Bertz CT molecular complexity index is 659. The number of rotatable bonds is 3. The molecule has 1 heterocycles. The summed E-state index contributed by atoms with van der Waals surface area (Å²) < 4.78 is 0. The van der Waals surface area contributed by atoms with E-state index in [9.17, 15) is 0 Å². The first-order valence-electron chi connectivity index (χ1n) is 6.67. The minimum Gasteiger partial charge on any atom is -0.335 e. The fourth-order valence-electron chi connectivity index (χ4n) is 2.17. The summed E-state index contributed by atoms with van der Waals surface area (Å²) in [5.74, 6) is 0.999. The van der Waals surface area contributed by atoms with Crippen molar-refractivity contribution in [3.05, 3.63) is 64.1 Å². The molecule has 3 rings (SSSR count). The lowest BCUT2D eigenvalue weighted by molar-refractivity contribution is 0.762. The molecular weight excluding hydrogens is 323 g/mol. The SMILES string of the molecule is Clc1ccc(NC2=NC(Cc3ccccc3)CS2)cc1Cl. The number of amidine groups is 1. The highest BCUT2D eigenvalue weighted by molar-refractivity contribution is 8.14. The molecule has 5 heteroatoms. The fraction of sp³-hybridized carbons (Fsp3) is 0.188. The average molecular weight is 337 g/mol. The predicted molar refractivity (Wildman–Crippen MR) is 93.9 cm³/mol. The van der Waals surface area contributed by atoms with E-state index in [2.05, 4.69) is 29.6 Å². The molecule has 0 radical (unpaired) electrons. The van der Waals surface area contributed by atoms with Crippen molar-refractivity contribution in [3.8, 4) is 0 Å². The van der Waals surface area contributed by atoms with Gasteiger partial charge in [-0.05, 0) is 30.2 Å². The van der Waals surface area contributed by atoms with Crippen LogP contribution >= 0.6 is 35.0 Å². The van der Waals surface area contributed by atoms with Crippen LogP contribution in [0, 0.1) is 0 Å². The lowest BCUT2D eigenvalue weighted by Crippen LogP contribution is -2.08. The molecule has 0 saturated heterocycles. The van der Waals surface area contributed by atoms with E-state index in [-0.39, 0.29) is 0 Å². The highest BCUT2D eigenvalue weighted by Gasteiger charge is 2.18. The number of aliphatic imine (C=N–C) groups is 1. The number of anilines is 1. The van der Waals surface area contributed by atoms with Crippen LogP contribution in [0.3, 0.4) is 0 Å². The summed E-state index contributed by atoms with van der Waals surface area (Å²) in [7, 11) is 0. The van der Waals surface area contributed by atoms with Gasteiger partial charge in [-0.25, -0.2) is 0 Å². The van der Waals surface area contributed by atoms with Crippen molar-refractivity contribution in [3.63, 3.8) is 0 Å². The zero-order chi connectivity index (χ0) is 14.7. The van der Waals surface area contributed by atoms with Crippen LogP contribution in [0.2, 0.25) is 10.0 Å². The average Bonchev–Trinajstić information content (AvgIpc) is 2.91. The maximum atomic E-state index is 6.02. The molecule has 0 aliphatic carbocycles. The standard InChI is InChI=1S/C16H14Cl2N2S/c17-14-7-6-12(9-15(14)18)19-16-20-13(10-21-16)8-11-4-2-1-3-5-11/h1-7,9,13H,8,10H2,(H,19,20). The first kappa shape index (κ1) is 14.8. The van der Waals surface area contributed by atoms with E-state index in [1.807, 2.05) is 18.2 Å². The summed E-state index contributed by atoms with van der Waals surface area (Å²) in [6, 6.07) is 16.3. The van der Waals surface area contributed by atoms with Gasteiger partial charge >= 0.3 is 0 Å². The molecular formula is C16H14Cl2N2S. The molecule has 0 spiro atoms. The summed E-state index contributed by atoms with van der Waals surface area (Å²) in [4.78, 5) is 4.72. The third-order valence-corrected chi connectivity index (χ3v) is 4.97. The van der Waals surface area contributed by atoms with E-state index in [1.165, 1.54) is 5.56 Å². The molecule has 1 atom stereocenters. The molecule has 1 aliphatic heterocycles. The molecule has 0 saturated carbocycles. The summed E-state index contributed by atoms with van der Waals surface area (Å²) in [5.41, 5.74) is 2.23. The number of hydrogen-bond acceptors (Lipinski definition) is 3. The molecule has 0 aromatic heterocycles. The number of hydrogen-bond donors (Lipinski definition) is 1. The Hall–Kier alpha value is -1.16. The second-order valence-electron chi connectivity index (χ2n) is 4.84. The van der Waals surface area contributed by atoms with Gasteiger partial charge in [-0.2, -0.15) is 0 Å². The summed E-state index contributed by atoms with van der Waals surface area (Å²) in [6.07, 6.45) is 0.973. The van der Waals surface area contributed by atoms with Crippen LogP contribution in [0.25, 0.3) is 0 Å². The molecule has 0 fully saturated rings. The van der Waals surface area contributed by atoms with Crippen LogP contribution in [-0.4, -0.2) is 17.0 Å². The molecule has 0 bridgehead atoms. The zero-order valence-corrected chi connectivity index (χ0v) is 13.6. The van der Waals surface area contributed by atoms with Gasteiger partial charge in [-0.15, -0.1) is 0 Å². The Kier molecular flexibility index (Phi) is 4.73. The molecule has 1 aliphatic rings. The lowest BCUT2D eigenvalue weighted by atomic mass is 10.1. The second kappa shape index (κ2) is 6.73. The molecule has 0 amide bonds. The van der Waals surface area contributed by atoms with Gasteiger partial charge in [-0.1, -0.05) is 65.3 Å². The zero-order valence-electron chi connectivity index (χ0n) is 11.2. The van der Waals surface area contributed by atoms with Crippen molar-refractivity contribution < 1.29 is 0 Å². The normalized spacial score (nSPS) is 17.6. The van der Waals surface area contributed by atoms with Gasteiger partial charge in [-0.3, -0.25) is 4.99 Å². The quantitative estimate of drug-likeness (QED) is 0.841. The molecule has 1 N–H and O–H groups in total. The molecule has 1 unspecified atom stereocenters. The van der Waals surface area contributed by atoms with Crippen molar-refractivity contribution in [1.82, 2.24) is 0 Å². The van der Waals surface area contributed by atoms with Gasteiger partial charge in [0, 0.05) is 11.4 Å². The van der Waals surface area contributed by atoms with E-state index in [0.717, 1.165) is 23.0 Å². The Morgan fingerprint density at radius 1 is 1.10 bits per heavy atom. The predicted octanol–water partition coefficient (Wildman–Crippen LogP) is 5.12. The second-order valence-corrected chi connectivity index (χ2v) is 6.67. The van der Waals surface area contributed by atoms with E-state index < -0.39 is 0 Å². The Morgan fingerprint density at radius 3 is 2.67 bits per heavy atom. The number of nitrogens with zero attached hydrogens (tertiary/aromatic N) is 1. The highest BCUT2D eigenvalue weighted by atomic mass is 35.5. The van der Waals surface area contributed by atoms with Gasteiger partial charge in [0.25, 0.3) is 0 Å². The topological polar surface area (TPSA) is 24.4 Å². The summed E-state index contributed by atoms with van der Waals surface area (Å²) in [5, 5.41) is 5.34. The smallest absolute Gasteiger partial charge is 0.161 e. The van der Waals surface area contributed by atoms with Crippen LogP contribution in [0.5, 0.6) is 0 Å². The van der Waals surface area contributed by atoms with Crippen molar-refractivity contribution >= 4 is 45.8 Å². The van der Waals surface area contributed by atoms with Gasteiger partial charge < -0.3 is 5.32 Å². The van der Waals surface area contributed by atoms with Crippen LogP contribution in [0.1, 0.15) is 5.56 Å². The Labute approximate surface area is 138 Å². The van der Waals surface area contributed by atoms with Crippen molar-refractivity contribution in [2.45, 2.75) is 12.5 Å². The lowest BCUT2D eigenvalue weighted by Gasteiger charge is -2.06. The maximum absolute atomic E-state index is 6.02. The summed E-state index contributed by atoms with van der Waals surface area (Å²) >= 11 is 13.7. The molecule has 2 nitrogen and oxygen atoms in total. The van der Waals surface area contributed by atoms with Crippen LogP contribution < -0.4 is 5.32 Å². The van der Waals surface area contributed by atoms with Gasteiger partial charge in [0.15, 0.2) is 5.17 Å². The molecule has 2 aromatic carbocycles. The largest absolute Gasteiger partial charge is 0.335 e. The van der Waals surface area contributed by atoms with Crippen molar-refractivity contribution in [2.24, 2.45) is 4.99 Å². The molecule has 2 aromatic rings. The maximum Gasteiger partial charge on any atom is 0.161 e. The number of thioether (sulfide) groups is 1. The van der Waals surface area contributed by atoms with E-state index >= 15 is 0 Å². The first-order chi connectivity index (χ1) is 10.2. The van der Waals surface area contributed by atoms with Crippen LogP contribution in [-0.2, 0) is 6.42 Å². The molecule has 21 heavy (non-hydrogen) atoms. The van der Waals surface area contributed by atoms with Crippen LogP contribution in [0.4, 0.5) is 5.69 Å². The third-order valence-electron chi connectivity index (χ3n) is 3.20. The van der Waals surface area contributed by atoms with Crippen molar-refractivity contribution in [2.75, 3.05) is 11.1 Å². The third kappa shape index (κ3) is 3.94. The summed E-state index contributed by atoms with van der Waals surface area (Å²) in [6.45, 7) is 0. The van der Waals surface area contributed by atoms with E-state index in [4.69, 9.17) is 28.2 Å². The van der Waals surface area contributed by atoms with E-state index in [0.29, 0.717) is 16.1 Å². The Morgan fingerprint density at radius 2 is 1.90 bits per heavy atom. The monoisotopic (exact) mass is 336 g/mol. The van der Waals surface area contributed by atoms with Crippen LogP contribution in [0.15, 0.2) is 53.5 Å². The molecule has 108 valence electrons. The van der Waals surface area contributed by atoms with Gasteiger partial charge in [0.2, 0.25) is 0 Å². The minimum atomic E-state index is 0.322. The number of nitrogens with one attached hydrogen (secondary N) is 1. The number of benzene rings is 2. The van der Waals surface area contributed by atoms with Gasteiger partial charge in [0.1, 0.15) is 0 Å². The first-order valence-corrected chi connectivity index (χ1v) is 8.41. The minimum absolute atomic E-state index is 0.322. The van der Waals surface area contributed by atoms with Gasteiger partial charge in [0.05, 0.1) is 16.1 Å². The Balaban J connectivity index is 1.64. The number of halogens is 2. The van der Waals surface area contributed by atoms with Crippen molar-refractivity contribution in [1.29, 1.82) is 0 Å². The fourth-order valence-corrected chi connectivity index (χ4v) is 3.43. The van der Waals surface area contributed by atoms with E-state index in [1.54, 1.807) is 17.8 Å².